The van der Waals surface area contributed by atoms with E-state index in [9.17, 15) is 58.2 Å². The van der Waals surface area contributed by atoms with Crippen molar-refractivity contribution in [1.29, 1.82) is 0 Å². The van der Waals surface area contributed by atoms with Gasteiger partial charge in [0.25, 0.3) is 0 Å². The van der Waals surface area contributed by atoms with E-state index in [2.05, 4.69) is 67.8 Å². The van der Waals surface area contributed by atoms with Gasteiger partial charge >= 0.3 is 0 Å². The highest BCUT2D eigenvalue weighted by atomic mass is 16.5. The quantitative estimate of drug-likeness (QED) is 0.0110. The number of imidazole rings is 1. The Balaban J connectivity index is 1.24. The van der Waals surface area contributed by atoms with Crippen molar-refractivity contribution in [3.05, 3.63) is 96.2 Å². The first-order chi connectivity index (χ1) is 42.3. The third-order valence-electron chi connectivity index (χ3n) is 14.6. The van der Waals surface area contributed by atoms with E-state index in [4.69, 9.17) is 16.2 Å². The van der Waals surface area contributed by atoms with Crippen LogP contribution in [0.2, 0.25) is 0 Å². The SMILES string of the molecule is CCNC(=O)[C@@H]1C=CCN1C(=O)[C@H](CCCN=C(N)N)NC(=O)[C@H](CC(C)C)NC(=O)[C@@H](COC(C)(C)C)NC(=O)[C@H](Cc1ccc(O)cc1)NC(=O)[C@H](CO)NC(=O)[C@H](Cc1c[nH]c2ccccc12)NC(=O)[C@H](Cc1cnc[nH]1)NC(=O)[C@@H]1CCC(=O)N1. The number of phenols is 1. The number of hydrogen-bond acceptors (Lipinski definition) is 15. The van der Waals surface area contributed by atoms with Crippen LogP contribution in [-0.4, -0.2) is 188 Å². The number of hydrogen-bond donors (Lipinski definition) is 15. The molecule has 9 atom stereocenters. The molecule has 6 rings (SSSR count). The van der Waals surface area contributed by atoms with Gasteiger partial charge in [-0.2, -0.15) is 0 Å². The number of nitrogens with two attached hydrogens (primary N) is 2. The Labute approximate surface area is 514 Å². The molecule has 1 fully saturated rings. The number of rotatable bonds is 32. The Kier molecular flexibility index (Phi) is 25.1. The van der Waals surface area contributed by atoms with E-state index in [1.54, 1.807) is 84.2 Å². The van der Waals surface area contributed by atoms with Gasteiger partial charge in [-0.05, 0) is 88.6 Å². The molecular weight excluding hydrogens is 1150 g/mol. The Bertz CT molecular complexity index is 3170. The van der Waals surface area contributed by atoms with E-state index in [1.807, 2.05) is 0 Å². The van der Waals surface area contributed by atoms with E-state index >= 15 is 0 Å². The fourth-order valence-corrected chi connectivity index (χ4v) is 9.98. The highest BCUT2D eigenvalue weighted by molar-refractivity contribution is 6.00. The Hall–Kier alpha value is -9.38. The van der Waals surface area contributed by atoms with Crippen LogP contribution in [0.15, 0.2) is 84.4 Å². The lowest BCUT2D eigenvalue weighted by Gasteiger charge is -2.31. The number of aliphatic imine (C=N–C) groups is 1. The standard InChI is InChI=1S/C60H84N16O13/c1-7-64-57(87)48-15-11-23-76(48)58(88)41(14-10-22-65-59(61)62)69-51(81)42(24-33(2)3)70-56(86)47(31-89-60(4,5)6)75-52(82)43(25-34-16-18-37(78)19-17-34)71-55(85)46(30-77)74-53(83)44(26-35-28-66-39-13-9-8-12-38(35)39)72-54(84)45(27-36-29-63-32-67-36)73-50(80)40-20-21-49(79)68-40/h8-9,11-13,15-19,28-29,32-33,40-48,66,77-78H,7,10,14,20-27,30-31H2,1-6H3,(H,63,67)(H,64,87)(H,68,79)(H,69,81)(H,70,86)(H,71,85)(H,72,84)(H,73,80)(H,74,83)(H,75,82)(H4,61,62,65)/t40-,41-,42-,43-,44-,45-,46-,47+,48-/m0/s1. The van der Waals surface area contributed by atoms with E-state index in [-0.39, 0.29) is 88.0 Å². The largest absolute Gasteiger partial charge is 0.508 e. The lowest BCUT2D eigenvalue weighted by atomic mass is 10.0. The summed E-state index contributed by atoms with van der Waals surface area (Å²) < 4.78 is 6.04. The molecule has 29 nitrogen and oxygen atoms in total. The zero-order chi connectivity index (χ0) is 65.0. The molecule has 89 heavy (non-hydrogen) atoms. The number of aromatic hydroxyl groups is 1. The summed E-state index contributed by atoms with van der Waals surface area (Å²) >= 11 is 0. The number of H-pyrrole nitrogens is 2. The summed E-state index contributed by atoms with van der Waals surface area (Å²) in [4.78, 5) is 155. The molecule has 2 aromatic carbocycles. The van der Waals surface area contributed by atoms with Gasteiger partial charge in [0.2, 0.25) is 59.1 Å². The van der Waals surface area contributed by atoms with Crippen molar-refractivity contribution in [3.8, 4) is 5.75 Å². The highest BCUT2D eigenvalue weighted by Crippen LogP contribution is 2.21. The van der Waals surface area contributed by atoms with E-state index in [0.29, 0.717) is 34.3 Å². The number of aromatic amines is 2. The van der Waals surface area contributed by atoms with Gasteiger partial charge < -0.3 is 89.1 Å². The normalized spacial score (nSPS) is 17.0. The van der Waals surface area contributed by atoms with Gasteiger partial charge in [0.05, 0.1) is 25.1 Å². The number of aliphatic hydroxyl groups is 1. The minimum Gasteiger partial charge on any atom is -0.508 e. The van der Waals surface area contributed by atoms with Gasteiger partial charge in [-0.15, -0.1) is 0 Å². The van der Waals surface area contributed by atoms with Gasteiger partial charge in [0.1, 0.15) is 60.1 Å². The second-order valence-electron chi connectivity index (χ2n) is 23.2. The lowest BCUT2D eigenvalue weighted by molar-refractivity contribution is -0.141. The summed E-state index contributed by atoms with van der Waals surface area (Å²) in [5.74, 6) is -7.94. The predicted molar refractivity (Wildman–Crippen MR) is 326 cm³/mol. The molecule has 29 heteroatoms. The number of fused-ring (bicyclic) bond motifs is 1. The average Bonchev–Trinajstić information content (AvgIpc) is 2.55. The second kappa shape index (κ2) is 32.6. The second-order valence-corrected chi connectivity index (χ2v) is 23.2. The number of aromatic nitrogens is 3. The molecule has 4 heterocycles. The first kappa shape index (κ1) is 68.7. The summed E-state index contributed by atoms with van der Waals surface area (Å²) in [5, 5.41) is 45.6. The number of amides is 10. The maximum Gasteiger partial charge on any atom is 0.246 e. The minimum atomic E-state index is -1.78. The Morgan fingerprint density at radius 2 is 1.37 bits per heavy atom. The molecule has 10 amide bonds. The van der Waals surface area contributed by atoms with Crippen LogP contribution < -0.4 is 59.3 Å². The third-order valence-corrected chi connectivity index (χ3v) is 14.6. The summed E-state index contributed by atoms with van der Waals surface area (Å²) in [5.41, 5.74) is 12.3. The van der Waals surface area contributed by atoms with Crippen LogP contribution in [0.4, 0.5) is 0 Å². The lowest BCUT2D eigenvalue weighted by Crippen LogP contribution is -2.62. The van der Waals surface area contributed by atoms with E-state index in [1.165, 1.54) is 41.7 Å². The topological polar surface area (TPSA) is 441 Å². The summed E-state index contributed by atoms with van der Waals surface area (Å²) in [6.07, 6.45) is 7.77. The van der Waals surface area contributed by atoms with E-state index in [0.717, 1.165) is 0 Å². The molecule has 4 aromatic rings. The van der Waals surface area contributed by atoms with Crippen LogP contribution >= 0.6 is 0 Å². The molecule has 1 saturated heterocycles. The molecule has 482 valence electrons. The Morgan fingerprint density at radius 3 is 1.99 bits per heavy atom. The fourth-order valence-electron chi connectivity index (χ4n) is 9.98. The summed E-state index contributed by atoms with van der Waals surface area (Å²) in [6.45, 7) is 9.49. The first-order valence-electron chi connectivity index (χ1n) is 29.6. The molecule has 17 N–H and O–H groups in total. The van der Waals surface area contributed by atoms with Crippen LogP contribution in [0, 0.1) is 5.92 Å². The fraction of sp³-hybridized carbons (Fsp3) is 0.500. The number of phenolic OH excluding ortho intramolecular Hbond substituents is 1. The number of ether oxygens (including phenoxy) is 1. The number of para-hydroxylation sites is 1. The van der Waals surface area contributed by atoms with Crippen molar-refractivity contribution in [2.75, 3.05) is 32.8 Å². The monoisotopic (exact) mass is 1240 g/mol. The molecule has 2 aliphatic heterocycles. The maximum absolute atomic E-state index is 14.8. The number of likely N-dealkylation sites (N-methyl/N-ethyl adjacent to an activating group) is 1. The molecule has 0 spiro atoms. The van der Waals surface area contributed by atoms with Gasteiger partial charge in [0.15, 0.2) is 5.96 Å². The van der Waals surface area contributed by atoms with Crippen LogP contribution in [0.25, 0.3) is 10.9 Å². The van der Waals surface area contributed by atoms with Crippen LogP contribution in [0.5, 0.6) is 5.75 Å². The van der Waals surface area contributed by atoms with Crippen LogP contribution in [0.1, 0.15) is 90.5 Å². The van der Waals surface area contributed by atoms with Crippen molar-refractivity contribution < 1.29 is 62.9 Å². The number of carbonyl (C=O) groups is 10. The molecule has 2 aromatic heterocycles. The average molecular weight is 1240 g/mol. The van der Waals surface area contributed by atoms with Crippen molar-refractivity contribution in [1.82, 2.24) is 67.7 Å². The maximum atomic E-state index is 14.8. The zero-order valence-corrected chi connectivity index (χ0v) is 50.9. The molecular formula is C60H84N16O13. The van der Waals surface area contributed by atoms with Crippen molar-refractivity contribution >= 4 is 75.9 Å². The number of nitrogens with one attached hydrogen (secondary N) is 11. The predicted octanol–water partition coefficient (Wildman–Crippen LogP) is -1.89. The van der Waals surface area contributed by atoms with Gasteiger partial charge in [-0.3, -0.25) is 52.9 Å². The van der Waals surface area contributed by atoms with Gasteiger partial charge in [-0.25, -0.2) is 4.98 Å². The van der Waals surface area contributed by atoms with Crippen molar-refractivity contribution in [2.24, 2.45) is 22.4 Å². The van der Waals surface area contributed by atoms with E-state index < -0.39 is 126 Å². The molecule has 0 radical (unpaired) electrons. The number of nitrogens with zero attached hydrogens (tertiary/aromatic N) is 3. The van der Waals surface area contributed by atoms with Gasteiger partial charge in [0, 0.05) is 74.3 Å². The van der Waals surface area contributed by atoms with Crippen molar-refractivity contribution in [3.63, 3.8) is 0 Å². The number of carbonyl (C=O) groups excluding carboxylic acids is 10. The Morgan fingerprint density at radius 1 is 0.764 bits per heavy atom. The molecule has 0 saturated carbocycles. The highest BCUT2D eigenvalue weighted by Gasteiger charge is 2.39. The summed E-state index contributed by atoms with van der Waals surface area (Å²) in [7, 11) is 0. The van der Waals surface area contributed by atoms with Crippen LogP contribution in [0.3, 0.4) is 0 Å². The molecule has 0 aliphatic carbocycles. The third kappa shape index (κ3) is 20.9. The molecule has 0 unspecified atom stereocenters. The minimum absolute atomic E-state index is 0.0379. The first-order valence-corrected chi connectivity index (χ1v) is 29.6. The van der Waals surface area contributed by atoms with Crippen molar-refractivity contribution in [2.45, 2.75) is 153 Å². The summed E-state index contributed by atoms with van der Waals surface area (Å²) in [6, 6.07) is 0.745. The number of aliphatic hydroxyl groups excluding tert-OH is 1. The smallest absolute Gasteiger partial charge is 0.246 e. The van der Waals surface area contributed by atoms with Gasteiger partial charge in [-0.1, -0.05) is 56.3 Å². The number of benzene rings is 2. The molecule has 0 bridgehead atoms. The molecule has 2 aliphatic rings. The zero-order valence-electron chi connectivity index (χ0n) is 50.9. The number of guanidine groups is 1. The van der Waals surface area contributed by atoms with Crippen LogP contribution in [-0.2, 0) is 71.9 Å².